The molecule has 2 N–H and O–H groups in total. The number of nitrogens with one attached hydrogen (secondary N) is 1. The zero-order valence-corrected chi connectivity index (χ0v) is 10.7. The number of ether oxygens (including phenoxy) is 1. The van der Waals surface area contributed by atoms with Crippen molar-refractivity contribution in [3.63, 3.8) is 0 Å². The lowest BCUT2D eigenvalue weighted by atomic mass is 10.1. The summed E-state index contributed by atoms with van der Waals surface area (Å²) in [7, 11) is 1.53. The maximum absolute atomic E-state index is 13.7. The minimum absolute atomic E-state index is 0.0904. The molecule has 0 spiro atoms. The van der Waals surface area contributed by atoms with Gasteiger partial charge in [-0.05, 0) is 25.1 Å². The Labute approximate surface area is 110 Å². The standard InChI is InChI=1S/C14H15FN2O2/c1-9(11-6-5-10(18)8-12(11)15)17-13-4-3-7-16-14(13)19-2/h3-9,17-18H,1-2H3. The Morgan fingerprint density at radius 3 is 2.84 bits per heavy atom. The number of methoxy groups -OCH3 is 1. The summed E-state index contributed by atoms with van der Waals surface area (Å²) in [6.07, 6.45) is 1.62. The van der Waals surface area contributed by atoms with Crippen molar-refractivity contribution in [1.29, 1.82) is 0 Å². The Morgan fingerprint density at radius 1 is 1.37 bits per heavy atom. The fourth-order valence-electron chi connectivity index (χ4n) is 1.84. The lowest BCUT2D eigenvalue weighted by Crippen LogP contribution is -2.09. The highest BCUT2D eigenvalue weighted by atomic mass is 19.1. The number of anilines is 1. The molecule has 0 fully saturated rings. The monoisotopic (exact) mass is 262 g/mol. The number of phenolic OH excluding ortho intramolecular Hbond substituents is 1. The van der Waals surface area contributed by atoms with E-state index in [4.69, 9.17) is 4.74 Å². The Kier molecular flexibility index (Phi) is 3.85. The number of phenols is 1. The highest BCUT2D eigenvalue weighted by Gasteiger charge is 2.13. The van der Waals surface area contributed by atoms with Gasteiger partial charge < -0.3 is 15.2 Å². The third-order valence-electron chi connectivity index (χ3n) is 2.79. The van der Waals surface area contributed by atoms with E-state index in [9.17, 15) is 9.50 Å². The van der Waals surface area contributed by atoms with Gasteiger partial charge in [-0.2, -0.15) is 0 Å². The fraction of sp³-hybridized carbons (Fsp3) is 0.214. The highest BCUT2D eigenvalue weighted by Crippen LogP contribution is 2.27. The number of aromatic hydroxyl groups is 1. The third kappa shape index (κ3) is 2.93. The van der Waals surface area contributed by atoms with Crippen LogP contribution >= 0.6 is 0 Å². The van der Waals surface area contributed by atoms with Gasteiger partial charge in [0.1, 0.15) is 11.6 Å². The first-order valence-corrected chi connectivity index (χ1v) is 5.85. The van der Waals surface area contributed by atoms with Crippen molar-refractivity contribution < 1.29 is 14.2 Å². The second-order valence-electron chi connectivity index (χ2n) is 4.13. The summed E-state index contributed by atoms with van der Waals surface area (Å²) in [4.78, 5) is 4.06. The first-order valence-electron chi connectivity index (χ1n) is 5.85. The largest absolute Gasteiger partial charge is 0.508 e. The van der Waals surface area contributed by atoms with Gasteiger partial charge in [-0.3, -0.25) is 0 Å². The molecule has 0 saturated carbocycles. The first-order chi connectivity index (χ1) is 9.11. The average Bonchev–Trinajstić information content (AvgIpc) is 2.39. The van der Waals surface area contributed by atoms with Crippen molar-refractivity contribution >= 4 is 5.69 Å². The quantitative estimate of drug-likeness (QED) is 0.889. The molecule has 1 atom stereocenters. The number of hydrogen-bond acceptors (Lipinski definition) is 4. The molecular weight excluding hydrogens is 247 g/mol. The van der Waals surface area contributed by atoms with Crippen LogP contribution < -0.4 is 10.1 Å². The molecule has 0 amide bonds. The third-order valence-corrected chi connectivity index (χ3v) is 2.79. The second-order valence-corrected chi connectivity index (χ2v) is 4.13. The van der Waals surface area contributed by atoms with Crippen LogP contribution in [0.4, 0.5) is 10.1 Å². The van der Waals surface area contributed by atoms with Crippen LogP contribution in [-0.4, -0.2) is 17.2 Å². The van der Waals surface area contributed by atoms with Gasteiger partial charge >= 0.3 is 0 Å². The summed E-state index contributed by atoms with van der Waals surface area (Å²) >= 11 is 0. The molecule has 1 aromatic carbocycles. The van der Waals surface area contributed by atoms with Gasteiger partial charge in [0.2, 0.25) is 5.88 Å². The molecule has 1 heterocycles. The maximum Gasteiger partial charge on any atom is 0.237 e. The summed E-state index contributed by atoms with van der Waals surface area (Å²) in [5.41, 5.74) is 1.15. The minimum Gasteiger partial charge on any atom is -0.508 e. The summed E-state index contributed by atoms with van der Waals surface area (Å²) in [5.74, 6) is -0.0937. The van der Waals surface area contributed by atoms with Crippen LogP contribution in [0.25, 0.3) is 0 Å². The molecule has 4 nitrogen and oxygen atoms in total. The topological polar surface area (TPSA) is 54.4 Å². The van der Waals surface area contributed by atoms with Crippen LogP contribution in [-0.2, 0) is 0 Å². The molecule has 0 aliphatic heterocycles. The summed E-state index contributed by atoms with van der Waals surface area (Å²) < 4.78 is 18.9. The van der Waals surface area contributed by atoms with Crippen LogP contribution in [0.2, 0.25) is 0 Å². The molecule has 2 aromatic rings. The maximum atomic E-state index is 13.7. The van der Waals surface area contributed by atoms with E-state index in [0.717, 1.165) is 6.07 Å². The molecule has 5 heteroatoms. The van der Waals surface area contributed by atoms with E-state index in [-0.39, 0.29) is 11.8 Å². The van der Waals surface area contributed by atoms with Gasteiger partial charge in [-0.1, -0.05) is 6.07 Å². The number of hydrogen-bond donors (Lipinski definition) is 2. The lowest BCUT2D eigenvalue weighted by molar-refractivity contribution is 0.399. The van der Waals surface area contributed by atoms with Crippen molar-refractivity contribution in [2.24, 2.45) is 0 Å². The van der Waals surface area contributed by atoms with Crippen molar-refractivity contribution in [2.45, 2.75) is 13.0 Å². The van der Waals surface area contributed by atoms with Crippen molar-refractivity contribution in [2.75, 3.05) is 12.4 Å². The second kappa shape index (κ2) is 5.56. The molecule has 0 radical (unpaired) electrons. The van der Waals surface area contributed by atoms with Crippen molar-refractivity contribution in [1.82, 2.24) is 4.98 Å². The number of halogens is 1. The SMILES string of the molecule is COc1ncccc1NC(C)c1ccc(O)cc1F. The zero-order chi connectivity index (χ0) is 13.8. The van der Waals surface area contributed by atoms with Crippen LogP contribution in [0, 0.1) is 5.82 Å². The summed E-state index contributed by atoms with van der Waals surface area (Å²) in [5, 5.41) is 12.3. The van der Waals surface area contributed by atoms with Gasteiger partial charge in [-0.25, -0.2) is 9.37 Å². The molecular formula is C14H15FN2O2. The van der Waals surface area contributed by atoms with E-state index in [1.807, 2.05) is 6.92 Å². The molecule has 2 rings (SSSR count). The normalized spacial score (nSPS) is 11.9. The molecule has 0 saturated heterocycles. The first kappa shape index (κ1) is 13.1. The van der Waals surface area contributed by atoms with E-state index in [2.05, 4.69) is 10.3 Å². The van der Waals surface area contributed by atoms with Gasteiger partial charge in [0.15, 0.2) is 0 Å². The molecule has 1 unspecified atom stereocenters. The summed E-state index contributed by atoms with van der Waals surface area (Å²) in [6, 6.07) is 7.39. The lowest BCUT2D eigenvalue weighted by Gasteiger charge is -2.17. The molecule has 19 heavy (non-hydrogen) atoms. The van der Waals surface area contributed by atoms with E-state index in [1.54, 1.807) is 24.4 Å². The Hall–Kier alpha value is -2.30. The number of pyridine rings is 1. The number of benzene rings is 1. The molecule has 0 aliphatic carbocycles. The molecule has 0 aliphatic rings. The fourth-order valence-corrected chi connectivity index (χ4v) is 1.84. The average molecular weight is 262 g/mol. The predicted molar refractivity (Wildman–Crippen MR) is 70.9 cm³/mol. The number of nitrogens with zero attached hydrogens (tertiary/aromatic N) is 1. The Balaban J connectivity index is 2.23. The van der Waals surface area contributed by atoms with E-state index in [1.165, 1.54) is 13.2 Å². The van der Waals surface area contributed by atoms with Crippen LogP contribution in [0.15, 0.2) is 36.5 Å². The predicted octanol–water partition coefficient (Wildman–Crippen LogP) is 3.11. The van der Waals surface area contributed by atoms with Gasteiger partial charge in [0, 0.05) is 17.8 Å². The van der Waals surface area contributed by atoms with Gasteiger partial charge in [-0.15, -0.1) is 0 Å². The minimum atomic E-state index is -0.456. The van der Waals surface area contributed by atoms with Crippen molar-refractivity contribution in [3.05, 3.63) is 47.9 Å². The van der Waals surface area contributed by atoms with Crippen LogP contribution in [0.3, 0.4) is 0 Å². The van der Waals surface area contributed by atoms with Gasteiger partial charge in [0.25, 0.3) is 0 Å². The number of rotatable bonds is 4. The van der Waals surface area contributed by atoms with E-state index in [0.29, 0.717) is 17.1 Å². The van der Waals surface area contributed by atoms with E-state index < -0.39 is 5.82 Å². The summed E-state index contributed by atoms with van der Waals surface area (Å²) in [6.45, 7) is 1.82. The van der Waals surface area contributed by atoms with Crippen molar-refractivity contribution in [3.8, 4) is 11.6 Å². The molecule has 1 aromatic heterocycles. The Morgan fingerprint density at radius 2 is 2.16 bits per heavy atom. The van der Waals surface area contributed by atoms with E-state index >= 15 is 0 Å². The van der Waals surface area contributed by atoms with Gasteiger partial charge in [0.05, 0.1) is 18.8 Å². The number of aromatic nitrogens is 1. The van der Waals surface area contributed by atoms with Crippen LogP contribution in [0.5, 0.6) is 11.6 Å². The smallest absolute Gasteiger partial charge is 0.237 e. The molecule has 100 valence electrons. The van der Waals surface area contributed by atoms with Crippen LogP contribution in [0.1, 0.15) is 18.5 Å². The zero-order valence-electron chi connectivity index (χ0n) is 10.7. The highest BCUT2D eigenvalue weighted by molar-refractivity contribution is 5.53. The Bertz CT molecular complexity index is 575. The molecule has 0 bridgehead atoms.